The zero-order chi connectivity index (χ0) is 29.4. The Bertz CT molecular complexity index is 1160. The minimum absolute atomic E-state index is 0.00264. The van der Waals surface area contributed by atoms with Gasteiger partial charge in [-0.1, -0.05) is 53.0 Å². The number of rotatable bonds is 9. The molecule has 2 aliphatic heterocycles. The molecule has 0 unspecified atom stereocenters. The van der Waals surface area contributed by atoms with Gasteiger partial charge < -0.3 is 15.9 Å². The molecule has 40 heavy (non-hydrogen) atoms. The van der Waals surface area contributed by atoms with Gasteiger partial charge in [0.05, 0.1) is 17.1 Å². The monoisotopic (exact) mass is 640 g/mol. The number of piperidine rings is 2. The first kappa shape index (κ1) is 33.4. The third-order valence-corrected chi connectivity index (χ3v) is 10.7. The molecule has 10 heteroatoms. The van der Waals surface area contributed by atoms with Crippen molar-refractivity contribution in [1.29, 1.82) is 0 Å². The molecule has 2 saturated heterocycles. The molecule has 6 atom stereocenters. The Morgan fingerprint density at radius 3 is 1.82 bits per heavy atom. The van der Waals surface area contributed by atoms with Crippen LogP contribution >= 0.6 is 15.9 Å². The summed E-state index contributed by atoms with van der Waals surface area (Å²) in [6, 6.07) is 12.7. The Balaban J connectivity index is 0.000000285. The Hall–Kier alpha value is -1.11. The average molecular weight is 642 g/mol. The van der Waals surface area contributed by atoms with Crippen molar-refractivity contribution in [1.82, 2.24) is 14.5 Å². The maximum atomic E-state index is 12.8. The van der Waals surface area contributed by atoms with Gasteiger partial charge in [-0.25, -0.2) is 13.1 Å². The third kappa shape index (κ3) is 8.94. The van der Waals surface area contributed by atoms with Crippen molar-refractivity contribution < 1.29 is 18.6 Å². The van der Waals surface area contributed by atoms with Gasteiger partial charge in [0, 0.05) is 60.2 Å². The first-order valence-corrected chi connectivity index (χ1v) is 17.0. The minimum Gasteiger partial charge on any atom is -0.390 e. The third-order valence-electron chi connectivity index (χ3n) is 8.50. The van der Waals surface area contributed by atoms with Crippen LogP contribution in [0.3, 0.4) is 0 Å². The molecule has 0 spiro atoms. The summed E-state index contributed by atoms with van der Waals surface area (Å²) >= 11 is 3.47. The second-order valence-corrected chi connectivity index (χ2v) is 14.2. The lowest BCUT2D eigenvalue weighted by molar-refractivity contribution is 0.0438. The van der Waals surface area contributed by atoms with E-state index in [0.29, 0.717) is 42.6 Å². The highest BCUT2D eigenvalue weighted by Gasteiger charge is 2.28. The van der Waals surface area contributed by atoms with Gasteiger partial charge in [0.2, 0.25) is 10.0 Å². The molecule has 2 aromatic carbocycles. The highest BCUT2D eigenvalue weighted by Crippen LogP contribution is 2.29. The second-order valence-electron chi connectivity index (χ2n) is 11.6. The van der Waals surface area contributed by atoms with Crippen LogP contribution in [0.4, 0.5) is 0 Å². The van der Waals surface area contributed by atoms with Gasteiger partial charge in [-0.05, 0) is 70.9 Å². The molecule has 2 heterocycles. The lowest BCUT2D eigenvalue weighted by Crippen LogP contribution is -2.49. The number of nitrogens with two attached hydrogens (primary N) is 1. The first-order valence-electron chi connectivity index (χ1n) is 14.7. The Morgan fingerprint density at radius 1 is 0.850 bits per heavy atom. The normalized spacial score (nSPS) is 26.2. The maximum Gasteiger partial charge on any atom is 0.241 e. The van der Waals surface area contributed by atoms with Crippen molar-refractivity contribution in [3.05, 3.63) is 40.9 Å². The number of hydrogen-bond acceptors (Lipinski definition) is 7. The molecule has 0 amide bonds. The number of nitrogens with zero attached hydrogens (tertiary/aromatic N) is 2. The minimum atomic E-state index is -3.72. The SMILES string of the molecule is C[C@@H]1CCC[C@H](C)N1C[C@@H](O)CN.C[C@@H]1CCC[C@H](C)N1C[C@@H](O)CNS(=O)(=O)c1ccc(Br)c2ccccc12. The second kappa shape index (κ2) is 15.4. The van der Waals surface area contributed by atoms with Gasteiger partial charge in [0.25, 0.3) is 0 Å². The van der Waals surface area contributed by atoms with Gasteiger partial charge in [-0.3, -0.25) is 9.80 Å². The summed E-state index contributed by atoms with van der Waals surface area (Å²) in [6.07, 6.45) is 6.16. The van der Waals surface area contributed by atoms with E-state index in [1.165, 1.54) is 25.7 Å². The van der Waals surface area contributed by atoms with Crippen LogP contribution in [0.2, 0.25) is 0 Å². The van der Waals surface area contributed by atoms with Gasteiger partial charge in [-0.2, -0.15) is 0 Å². The smallest absolute Gasteiger partial charge is 0.241 e. The number of halogens is 1. The van der Waals surface area contributed by atoms with E-state index in [-0.39, 0.29) is 17.5 Å². The van der Waals surface area contributed by atoms with Crippen molar-refractivity contribution in [2.75, 3.05) is 26.2 Å². The predicted octanol–water partition coefficient (Wildman–Crippen LogP) is 4.07. The summed E-state index contributed by atoms with van der Waals surface area (Å²) in [4.78, 5) is 4.88. The zero-order valence-electron chi connectivity index (χ0n) is 24.5. The number of aliphatic hydroxyl groups excluding tert-OH is 2. The van der Waals surface area contributed by atoms with Crippen LogP contribution in [0, 0.1) is 0 Å². The van der Waals surface area contributed by atoms with Crippen molar-refractivity contribution in [3.63, 3.8) is 0 Å². The van der Waals surface area contributed by atoms with Crippen molar-refractivity contribution in [2.24, 2.45) is 5.73 Å². The van der Waals surface area contributed by atoms with E-state index < -0.39 is 16.1 Å². The summed E-state index contributed by atoms with van der Waals surface area (Å²) in [5.41, 5.74) is 5.40. The number of benzene rings is 2. The summed E-state index contributed by atoms with van der Waals surface area (Å²) < 4.78 is 29.1. The van der Waals surface area contributed by atoms with Crippen LogP contribution in [-0.4, -0.2) is 91.0 Å². The summed E-state index contributed by atoms with van der Waals surface area (Å²) in [6.45, 7) is 10.4. The molecular weight excluding hydrogens is 592 g/mol. The highest BCUT2D eigenvalue weighted by atomic mass is 79.9. The van der Waals surface area contributed by atoms with E-state index in [1.54, 1.807) is 18.2 Å². The number of hydrogen-bond donors (Lipinski definition) is 4. The van der Waals surface area contributed by atoms with Crippen molar-refractivity contribution in [3.8, 4) is 0 Å². The fourth-order valence-electron chi connectivity index (χ4n) is 6.05. The Kier molecular flexibility index (Phi) is 12.8. The fourth-order valence-corrected chi connectivity index (χ4v) is 7.81. The molecule has 0 radical (unpaired) electrons. The molecule has 2 aromatic rings. The van der Waals surface area contributed by atoms with Crippen molar-refractivity contribution >= 4 is 36.7 Å². The molecule has 0 saturated carbocycles. The standard InChI is InChI=1S/C20H27BrN2O3S.C10H22N2O/c1-14-6-5-7-15(2)23(14)13-16(24)12-22-27(25,26)20-11-10-19(21)17-8-3-4-9-18(17)20;1-8-4-3-5-9(2)12(8)7-10(13)6-11/h3-4,8-11,14-16,22,24H,5-7,12-13H2,1-2H3;8-10,13H,3-7,11H2,1-2H3/t14-,15+,16-;8-,9+,10-/m00/s1. The molecule has 0 aliphatic carbocycles. The number of likely N-dealkylation sites (tertiary alicyclic amines) is 2. The van der Waals surface area contributed by atoms with Crippen molar-refractivity contribution in [2.45, 2.75) is 107 Å². The zero-order valence-corrected chi connectivity index (χ0v) is 26.9. The van der Waals surface area contributed by atoms with E-state index in [9.17, 15) is 18.6 Å². The van der Waals surface area contributed by atoms with Gasteiger partial charge >= 0.3 is 0 Å². The summed E-state index contributed by atoms with van der Waals surface area (Å²) in [7, 11) is -3.72. The van der Waals surface area contributed by atoms with Crippen LogP contribution in [0.25, 0.3) is 10.8 Å². The van der Waals surface area contributed by atoms with E-state index in [2.05, 4.69) is 58.1 Å². The maximum absolute atomic E-state index is 12.8. The molecule has 2 fully saturated rings. The topological polar surface area (TPSA) is 119 Å². The first-order chi connectivity index (χ1) is 18.9. The number of fused-ring (bicyclic) bond motifs is 1. The molecule has 2 aliphatic rings. The lowest BCUT2D eigenvalue weighted by Gasteiger charge is -2.40. The number of aliphatic hydroxyl groups is 2. The predicted molar refractivity (Wildman–Crippen MR) is 167 cm³/mol. The highest BCUT2D eigenvalue weighted by molar-refractivity contribution is 9.10. The molecule has 0 aromatic heterocycles. The van der Waals surface area contributed by atoms with E-state index in [0.717, 1.165) is 29.2 Å². The average Bonchev–Trinajstić information content (AvgIpc) is 2.92. The van der Waals surface area contributed by atoms with Crippen LogP contribution in [-0.2, 0) is 10.0 Å². The molecule has 8 nitrogen and oxygen atoms in total. The van der Waals surface area contributed by atoms with Crippen LogP contribution < -0.4 is 10.5 Å². The van der Waals surface area contributed by atoms with Gasteiger partial charge in [0.1, 0.15) is 0 Å². The van der Waals surface area contributed by atoms with E-state index >= 15 is 0 Å². The van der Waals surface area contributed by atoms with Crippen LogP contribution in [0.1, 0.15) is 66.2 Å². The Morgan fingerprint density at radius 2 is 1.32 bits per heavy atom. The molecule has 4 rings (SSSR count). The number of nitrogens with one attached hydrogen (secondary N) is 1. The lowest BCUT2D eigenvalue weighted by atomic mass is 9.97. The Labute approximate surface area is 249 Å². The quantitative estimate of drug-likeness (QED) is 0.326. The molecule has 0 bridgehead atoms. The van der Waals surface area contributed by atoms with Crippen LogP contribution in [0.15, 0.2) is 45.8 Å². The largest absolute Gasteiger partial charge is 0.390 e. The summed E-state index contributed by atoms with van der Waals surface area (Å²) in [5.74, 6) is 0. The number of sulfonamides is 1. The molecule has 5 N–H and O–H groups in total. The van der Waals surface area contributed by atoms with Gasteiger partial charge in [-0.15, -0.1) is 0 Å². The number of β-amino-alcohol motifs (C(OH)–C–C–N with tert-alkyl or cyclic N) is 2. The van der Waals surface area contributed by atoms with Gasteiger partial charge in [0.15, 0.2) is 0 Å². The summed E-state index contributed by atoms with van der Waals surface area (Å²) in [5, 5.41) is 21.4. The fraction of sp³-hybridized carbons (Fsp3) is 0.667. The molecule has 226 valence electrons. The molecular formula is C30H49BrN4O4S. The van der Waals surface area contributed by atoms with E-state index in [4.69, 9.17) is 5.73 Å². The van der Waals surface area contributed by atoms with Crippen LogP contribution in [0.5, 0.6) is 0 Å². The van der Waals surface area contributed by atoms with E-state index in [1.807, 2.05) is 18.2 Å².